The first-order valence-corrected chi connectivity index (χ1v) is 11.8. The fraction of sp³-hybridized carbons (Fsp3) is 0.481. The SMILES string of the molecule is CC(CCCC(=O)N1[C@@H](OC(=O)OCc2ccccc2)C[C@@H]2CCC[C@@H]21)c1ccccc1. The summed E-state index contributed by atoms with van der Waals surface area (Å²) in [6.45, 7) is 2.38. The Morgan fingerprint density at radius 3 is 2.50 bits per heavy atom. The quantitative estimate of drug-likeness (QED) is 0.474. The van der Waals surface area contributed by atoms with Crippen LogP contribution in [0.4, 0.5) is 4.79 Å². The number of rotatable bonds is 8. The van der Waals surface area contributed by atoms with E-state index in [9.17, 15) is 9.59 Å². The lowest BCUT2D eigenvalue weighted by atomic mass is 9.95. The van der Waals surface area contributed by atoms with E-state index in [0.29, 0.717) is 18.3 Å². The maximum atomic E-state index is 13.2. The fourth-order valence-electron chi connectivity index (χ4n) is 5.19. The fourth-order valence-corrected chi connectivity index (χ4v) is 5.19. The number of hydrogen-bond donors (Lipinski definition) is 0. The number of fused-ring (bicyclic) bond motifs is 1. The molecule has 2 aromatic rings. The summed E-state index contributed by atoms with van der Waals surface area (Å²) in [7, 11) is 0. The zero-order chi connectivity index (χ0) is 22.3. The Labute approximate surface area is 190 Å². The van der Waals surface area contributed by atoms with E-state index in [0.717, 1.165) is 44.1 Å². The van der Waals surface area contributed by atoms with E-state index < -0.39 is 12.4 Å². The molecule has 0 radical (unpaired) electrons. The predicted molar refractivity (Wildman–Crippen MR) is 123 cm³/mol. The summed E-state index contributed by atoms with van der Waals surface area (Å²) in [5.74, 6) is 0.941. The Balaban J connectivity index is 1.30. The van der Waals surface area contributed by atoms with Gasteiger partial charge in [-0.25, -0.2) is 4.79 Å². The molecule has 4 atom stereocenters. The molecule has 2 fully saturated rings. The van der Waals surface area contributed by atoms with Gasteiger partial charge in [0, 0.05) is 18.9 Å². The van der Waals surface area contributed by atoms with Crippen LogP contribution in [0.15, 0.2) is 60.7 Å². The Morgan fingerprint density at radius 2 is 1.75 bits per heavy atom. The lowest BCUT2D eigenvalue weighted by Crippen LogP contribution is -2.43. The number of carbonyl (C=O) groups excluding carboxylic acids is 2. The number of benzene rings is 2. The number of hydrogen-bond acceptors (Lipinski definition) is 4. The second kappa shape index (κ2) is 10.7. The normalized spacial score (nSPS) is 22.9. The standard InChI is InChI=1S/C27H33NO4/c1-20(22-13-6-3-7-14-22)10-8-17-25(29)28-24-16-9-15-23(24)18-26(28)32-27(30)31-19-21-11-4-2-5-12-21/h2-7,11-14,20,23-24,26H,8-10,15-19H2,1H3/t20?,23-,24-,26-/m0/s1. The summed E-state index contributed by atoms with van der Waals surface area (Å²) in [4.78, 5) is 27.4. The van der Waals surface area contributed by atoms with Gasteiger partial charge in [-0.1, -0.05) is 74.0 Å². The average molecular weight is 436 g/mol. The highest BCUT2D eigenvalue weighted by Gasteiger charge is 2.47. The summed E-state index contributed by atoms with van der Waals surface area (Å²) < 4.78 is 10.9. The van der Waals surface area contributed by atoms with Gasteiger partial charge in [0.2, 0.25) is 5.91 Å². The van der Waals surface area contributed by atoms with Crippen LogP contribution in [-0.2, 0) is 20.9 Å². The van der Waals surface area contributed by atoms with Crippen LogP contribution in [0.3, 0.4) is 0 Å². The van der Waals surface area contributed by atoms with E-state index in [1.807, 2.05) is 41.3 Å². The largest absolute Gasteiger partial charge is 0.510 e. The van der Waals surface area contributed by atoms with E-state index in [1.165, 1.54) is 5.56 Å². The van der Waals surface area contributed by atoms with Crippen molar-refractivity contribution in [2.24, 2.45) is 5.92 Å². The number of carbonyl (C=O) groups is 2. The molecular formula is C27H33NO4. The summed E-state index contributed by atoms with van der Waals surface area (Å²) in [6.07, 6.45) is 5.01. The van der Waals surface area contributed by atoms with E-state index in [1.54, 1.807) is 0 Å². The minimum absolute atomic E-state index is 0.0977. The molecule has 170 valence electrons. The second-order valence-electron chi connectivity index (χ2n) is 9.10. The van der Waals surface area contributed by atoms with Crippen LogP contribution in [0.25, 0.3) is 0 Å². The summed E-state index contributed by atoms with van der Waals surface area (Å²) in [5, 5.41) is 0. The van der Waals surface area contributed by atoms with Crippen molar-refractivity contribution in [1.29, 1.82) is 0 Å². The topological polar surface area (TPSA) is 55.8 Å². The molecule has 5 nitrogen and oxygen atoms in total. The molecule has 2 aliphatic rings. The van der Waals surface area contributed by atoms with Gasteiger partial charge in [-0.15, -0.1) is 0 Å². The van der Waals surface area contributed by atoms with Crippen LogP contribution in [0, 0.1) is 5.92 Å². The van der Waals surface area contributed by atoms with Crippen LogP contribution < -0.4 is 0 Å². The van der Waals surface area contributed by atoms with Crippen LogP contribution in [0.5, 0.6) is 0 Å². The molecule has 32 heavy (non-hydrogen) atoms. The van der Waals surface area contributed by atoms with Crippen LogP contribution in [-0.4, -0.2) is 29.2 Å². The molecule has 1 saturated carbocycles. The van der Waals surface area contributed by atoms with E-state index in [2.05, 4.69) is 31.2 Å². The van der Waals surface area contributed by atoms with Gasteiger partial charge in [0.15, 0.2) is 6.23 Å². The van der Waals surface area contributed by atoms with Crippen LogP contribution >= 0.6 is 0 Å². The van der Waals surface area contributed by atoms with Gasteiger partial charge in [-0.05, 0) is 48.6 Å². The molecule has 4 rings (SSSR count). The van der Waals surface area contributed by atoms with Gasteiger partial charge >= 0.3 is 6.16 Å². The maximum absolute atomic E-state index is 13.2. The van der Waals surface area contributed by atoms with E-state index >= 15 is 0 Å². The van der Waals surface area contributed by atoms with Gasteiger partial charge in [-0.3, -0.25) is 4.79 Å². The number of amides is 1. The van der Waals surface area contributed by atoms with Gasteiger partial charge in [0.05, 0.1) is 0 Å². The number of nitrogens with zero attached hydrogens (tertiary/aromatic N) is 1. The molecule has 0 spiro atoms. The summed E-state index contributed by atoms with van der Waals surface area (Å²) >= 11 is 0. The van der Waals surface area contributed by atoms with Gasteiger partial charge < -0.3 is 14.4 Å². The Morgan fingerprint density at radius 1 is 1.03 bits per heavy atom. The van der Waals surface area contributed by atoms with Crippen molar-refractivity contribution in [3.63, 3.8) is 0 Å². The van der Waals surface area contributed by atoms with Crippen LogP contribution in [0.2, 0.25) is 0 Å². The van der Waals surface area contributed by atoms with Gasteiger partial charge in [0.1, 0.15) is 6.61 Å². The van der Waals surface area contributed by atoms with Crippen molar-refractivity contribution in [2.75, 3.05) is 0 Å². The van der Waals surface area contributed by atoms with Crippen molar-refractivity contribution >= 4 is 12.1 Å². The highest BCUT2D eigenvalue weighted by atomic mass is 16.7. The number of ether oxygens (including phenoxy) is 2. The van der Waals surface area contributed by atoms with Crippen molar-refractivity contribution in [1.82, 2.24) is 4.90 Å². The molecule has 0 N–H and O–H groups in total. The molecule has 1 aliphatic carbocycles. The van der Waals surface area contributed by atoms with E-state index in [-0.39, 0.29) is 18.6 Å². The average Bonchev–Trinajstić information content (AvgIpc) is 3.39. The Hall–Kier alpha value is -2.82. The Bertz CT molecular complexity index is 885. The maximum Gasteiger partial charge on any atom is 0.510 e. The first-order valence-electron chi connectivity index (χ1n) is 11.8. The minimum Gasteiger partial charge on any atom is -0.429 e. The van der Waals surface area contributed by atoms with Crippen LogP contribution in [0.1, 0.15) is 68.9 Å². The molecule has 5 heteroatoms. The minimum atomic E-state index is -0.700. The third-order valence-corrected chi connectivity index (χ3v) is 6.91. The van der Waals surface area contributed by atoms with Crippen molar-refractivity contribution in [3.05, 3.63) is 71.8 Å². The lowest BCUT2D eigenvalue weighted by molar-refractivity contribution is -0.142. The lowest BCUT2D eigenvalue weighted by Gasteiger charge is -2.29. The summed E-state index contributed by atoms with van der Waals surface area (Å²) in [5.41, 5.74) is 2.22. The van der Waals surface area contributed by atoms with Gasteiger partial charge in [-0.2, -0.15) is 0 Å². The highest BCUT2D eigenvalue weighted by molar-refractivity contribution is 5.77. The molecule has 1 heterocycles. The molecule has 1 saturated heterocycles. The molecule has 2 aromatic carbocycles. The zero-order valence-electron chi connectivity index (χ0n) is 18.8. The smallest absolute Gasteiger partial charge is 0.429 e. The molecule has 0 bridgehead atoms. The second-order valence-corrected chi connectivity index (χ2v) is 9.10. The van der Waals surface area contributed by atoms with E-state index in [4.69, 9.17) is 9.47 Å². The summed E-state index contributed by atoms with van der Waals surface area (Å²) in [6, 6.07) is 20.1. The molecule has 0 aromatic heterocycles. The number of likely N-dealkylation sites (tertiary alicyclic amines) is 1. The monoisotopic (exact) mass is 435 g/mol. The predicted octanol–water partition coefficient (Wildman–Crippen LogP) is 6.04. The first kappa shape index (κ1) is 22.4. The highest BCUT2D eigenvalue weighted by Crippen LogP contribution is 2.42. The molecule has 1 unspecified atom stereocenters. The molecule has 1 amide bonds. The third kappa shape index (κ3) is 5.50. The van der Waals surface area contributed by atoms with Gasteiger partial charge in [0.25, 0.3) is 0 Å². The van der Waals surface area contributed by atoms with Crippen molar-refractivity contribution in [2.45, 2.75) is 76.7 Å². The Kier molecular flexibility index (Phi) is 7.46. The first-order chi connectivity index (χ1) is 15.6. The van der Waals surface area contributed by atoms with Crippen molar-refractivity contribution < 1.29 is 19.1 Å². The molecular weight excluding hydrogens is 402 g/mol. The third-order valence-electron chi connectivity index (χ3n) is 6.91. The van der Waals surface area contributed by atoms with Crippen molar-refractivity contribution in [3.8, 4) is 0 Å². The molecule has 1 aliphatic heterocycles. The zero-order valence-corrected chi connectivity index (χ0v) is 18.8.